The highest BCUT2D eigenvalue weighted by Crippen LogP contribution is 2.23. The van der Waals surface area contributed by atoms with Crippen LogP contribution in [0.15, 0.2) is 0 Å². The van der Waals surface area contributed by atoms with Crippen LogP contribution in [0.5, 0.6) is 0 Å². The number of hydrogen-bond acceptors (Lipinski definition) is 2. The van der Waals surface area contributed by atoms with Gasteiger partial charge in [0.2, 0.25) is 0 Å². The van der Waals surface area contributed by atoms with Gasteiger partial charge in [0.15, 0.2) is 0 Å². The van der Waals surface area contributed by atoms with Crippen molar-refractivity contribution < 1.29 is 0 Å². The molecule has 0 radical (unpaired) electrons. The molecule has 1 fully saturated rings. The van der Waals surface area contributed by atoms with E-state index in [0.717, 1.165) is 25.7 Å². The van der Waals surface area contributed by atoms with Gasteiger partial charge in [0.1, 0.15) is 5.54 Å². The smallest absolute Gasteiger partial charge is 0.104 e. The average Bonchev–Trinajstić information content (AvgIpc) is 1.98. The van der Waals surface area contributed by atoms with Gasteiger partial charge in [-0.05, 0) is 12.8 Å². The molecule has 0 amide bonds. The molecule has 0 spiro atoms. The molecule has 0 bridgehead atoms. The summed E-state index contributed by atoms with van der Waals surface area (Å²) in [4.78, 5) is 0. The lowest BCUT2D eigenvalue weighted by Gasteiger charge is -2.23. The van der Waals surface area contributed by atoms with Gasteiger partial charge in [0.25, 0.3) is 0 Å². The normalized spacial score (nSPS) is 24.7. The Bertz CT molecular complexity index is 149. The predicted octanol–water partition coefficient (Wildman–Crippen LogP) is 1.95. The number of rotatable bonds is 0. The lowest BCUT2D eigenvalue weighted by atomic mass is 9.86. The fourth-order valence-electron chi connectivity index (χ4n) is 1.65. The Morgan fingerprint density at radius 1 is 1.00 bits per heavy atom. The van der Waals surface area contributed by atoms with E-state index in [9.17, 15) is 0 Å². The highest BCUT2D eigenvalue weighted by Gasteiger charge is 2.24. The van der Waals surface area contributed by atoms with Gasteiger partial charge >= 0.3 is 0 Å². The summed E-state index contributed by atoms with van der Waals surface area (Å²) in [6.45, 7) is 0. The Morgan fingerprint density at radius 2 is 1.45 bits per heavy atom. The summed E-state index contributed by atoms with van der Waals surface area (Å²) in [5, 5.41) is 8.79. The van der Waals surface area contributed by atoms with Crippen molar-refractivity contribution in [1.82, 2.24) is 0 Å². The minimum absolute atomic E-state index is 0.500. The van der Waals surface area contributed by atoms with Crippen LogP contribution in [0.1, 0.15) is 44.9 Å². The standard InChI is InChI=1S/C9H16N2/c10-8-9(11)6-4-2-1-3-5-7-9/h1-7,11H2. The lowest BCUT2D eigenvalue weighted by Crippen LogP contribution is -2.38. The van der Waals surface area contributed by atoms with Crippen LogP contribution >= 0.6 is 0 Å². The van der Waals surface area contributed by atoms with Gasteiger partial charge in [0, 0.05) is 0 Å². The third kappa shape index (κ3) is 2.51. The molecule has 0 aromatic carbocycles. The molecule has 11 heavy (non-hydrogen) atoms. The van der Waals surface area contributed by atoms with E-state index in [1.807, 2.05) is 0 Å². The minimum Gasteiger partial charge on any atom is -0.313 e. The number of hydrogen-bond donors (Lipinski definition) is 1. The van der Waals surface area contributed by atoms with E-state index in [1.165, 1.54) is 19.3 Å². The largest absolute Gasteiger partial charge is 0.313 e. The van der Waals surface area contributed by atoms with E-state index in [0.29, 0.717) is 0 Å². The Kier molecular flexibility index (Phi) is 2.90. The molecule has 0 aliphatic heterocycles. The number of nitriles is 1. The molecule has 1 aliphatic rings. The second-order valence-electron chi connectivity index (χ2n) is 3.54. The fourth-order valence-corrected chi connectivity index (χ4v) is 1.65. The van der Waals surface area contributed by atoms with Gasteiger partial charge < -0.3 is 5.73 Å². The van der Waals surface area contributed by atoms with Crippen molar-refractivity contribution in [2.24, 2.45) is 5.73 Å². The third-order valence-corrected chi connectivity index (χ3v) is 2.47. The molecule has 2 N–H and O–H groups in total. The maximum atomic E-state index is 8.79. The topological polar surface area (TPSA) is 49.8 Å². The highest BCUT2D eigenvalue weighted by molar-refractivity contribution is 5.04. The van der Waals surface area contributed by atoms with Gasteiger partial charge in [-0.3, -0.25) is 0 Å². The molecule has 0 unspecified atom stereocenters. The van der Waals surface area contributed by atoms with E-state index < -0.39 is 5.54 Å². The maximum Gasteiger partial charge on any atom is 0.104 e. The molecule has 0 saturated heterocycles. The molecule has 0 aromatic heterocycles. The zero-order chi connectivity index (χ0) is 8.16. The summed E-state index contributed by atoms with van der Waals surface area (Å²) in [6.07, 6.45) is 7.86. The summed E-state index contributed by atoms with van der Waals surface area (Å²) < 4.78 is 0. The summed E-state index contributed by atoms with van der Waals surface area (Å²) in [6, 6.07) is 2.23. The molecular weight excluding hydrogens is 136 g/mol. The molecule has 1 rings (SSSR count). The Balaban J connectivity index is 2.45. The van der Waals surface area contributed by atoms with Crippen LogP contribution in [0.2, 0.25) is 0 Å². The fraction of sp³-hybridized carbons (Fsp3) is 0.889. The molecular formula is C9H16N2. The molecule has 1 aliphatic carbocycles. The van der Waals surface area contributed by atoms with Gasteiger partial charge in [-0.1, -0.05) is 32.1 Å². The number of nitrogens with two attached hydrogens (primary N) is 1. The van der Waals surface area contributed by atoms with Gasteiger partial charge in [-0.2, -0.15) is 5.26 Å². The van der Waals surface area contributed by atoms with Crippen LogP contribution in [-0.4, -0.2) is 5.54 Å². The van der Waals surface area contributed by atoms with Crippen LogP contribution in [-0.2, 0) is 0 Å². The van der Waals surface area contributed by atoms with E-state index in [2.05, 4.69) is 6.07 Å². The van der Waals surface area contributed by atoms with Crippen LogP contribution in [0, 0.1) is 11.3 Å². The quantitative estimate of drug-likeness (QED) is 0.576. The van der Waals surface area contributed by atoms with Crippen molar-refractivity contribution in [1.29, 1.82) is 5.26 Å². The first-order valence-corrected chi connectivity index (χ1v) is 4.47. The zero-order valence-corrected chi connectivity index (χ0v) is 6.97. The number of nitrogens with zero attached hydrogens (tertiary/aromatic N) is 1. The van der Waals surface area contributed by atoms with Crippen molar-refractivity contribution in [2.75, 3.05) is 0 Å². The molecule has 2 nitrogen and oxygen atoms in total. The first kappa shape index (κ1) is 8.55. The monoisotopic (exact) mass is 152 g/mol. The zero-order valence-electron chi connectivity index (χ0n) is 6.97. The average molecular weight is 152 g/mol. The van der Waals surface area contributed by atoms with Gasteiger partial charge in [0.05, 0.1) is 6.07 Å². The van der Waals surface area contributed by atoms with Crippen molar-refractivity contribution >= 4 is 0 Å². The van der Waals surface area contributed by atoms with E-state index >= 15 is 0 Å². The summed E-state index contributed by atoms with van der Waals surface area (Å²) in [5.41, 5.74) is 5.37. The molecule has 0 atom stereocenters. The van der Waals surface area contributed by atoms with Crippen molar-refractivity contribution in [2.45, 2.75) is 50.5 Å². The van der Waals surface area contributed by atoms with Crippen LogP contribution in [0.4, 0.5) is 0 Å². The molecule has 0 aromatic rings. The van der Waals surface area contributed by atoms with Crippen molar-refractivity contribution in [3.63, 3.8) is 0 Å². The van der Waals surface area contributed by atoms with E-state index in [-0.39, 0.29) is 0 Å². The predicted molar refractivity (Wildman–Crippen MR) is 44.9 cm³/mol. The Morgan fingerprint density at radius 3 is 1.91 bits per heavy atom. The molecule has 62 valence electrons. The Hall–Kier alpha value is -0.550. The van der Waals surface area contributed by atoms with Crippen LogP contribution < -0.4 is 5.73 Å². The SMILES string of the molecule is N#CC1(N)CCCCCCC1. The first-order chi connectivity index (χ1) is 5.27. The van der Waals surface area contributed by atoms with E-state index in [4.69, 9.17) is 11.0 Å². The first-order valence-electron chi connectivity index (χ1n) is 4.47. The van der Waals surface area contributed by atoms with E-state index in [1.54, 1.807) is 0 Å². The summed E-state index contributed by atoms with van der Waals surface area (Å²) in [5.74, 6) is 0. The summed E-state index contributed by atoms with van der Waals surface area (Å²) in [7, 11) is 0. The Labute approximate surface area is 68.4 Å². The lowest BCUT2D eigenvalue weighted by molar-refractivity contribution is 0.386. The van der Waals surface area contributed by atoms with Crippen molar-refractivity contribution in [3.8, 4) is 6.07 Å². The van der Waals surface area contributed by atoms with Crippen molar-refractivity contribution in [3.05, 3.63) is 0 Å². The van der Waals surface area contributed by atoms with Gasteiger partial charge in [-0.15, -0.1) is 0 Å². The molecule has 2 heteroatoms. The minimum atomic E-state index is -0.500. The third-order valence-electron chi connectivity index (χ3n) is 2.47. The molecule has 0 heterocycles. The maximum absolute atomic E-state index is 8.79. The van der Waals surface area contributed by atoms with Gasteiger partial charge in [-0.25, -0.2) is 0 Å². The second-order valence-corrected chi connectivity index (χ2v) is 3.54. The molecule has 1 saturated carbocycles. The van der Waals surface area contributed by atoms with Crippen LogP contribution in [0.3, 0.4) is 0 Å². The second kappa shape index (κ2) is 3.73. The highest BCUT2D eigenvalue weighted by atomic mass is 14.7. The van der Waals surface area contributed by atoms with Crippen LogP contribution in [0.25, 0.3) is 0 Å². The summed E-state index contributed by atoms with van der Waals surface area (Å²) >= 11 is 0.